The number of halogens is 1. The van der Waals surface area contributed by atoms with Crippen molar-refractivity contribution in [3.63, 3.8) is 0 Å². The summed E-state index contributed by atoms with van der Waals surface area (Å²) in [5.41, 5.74) is 4.26. The highest BCUT2D eigenvalue weighted by atomic mass is 32.2. The van der Waals surface area contributed by atoms with Gasteiger partial charge in [0.05, 0.1) is 5.69 Å². The maximum atomic E-state index is 14.6. The van der Waals surface area contributed by atoms with Crippen LogP contribution in [0.3, 0.4) is 0 Å². The second kappa shape index (κ2) is 8.12. The maximum absolute atomic E-state index is 14.6. The van der Waals surface area contributed by atoms with Gasteiger partial charge in [-0.3, -0.25) is 15.5 Å². The number of nitrogens with two attached hydrogens (primary N) is 1. The SMILES string of the molecule is CC(C1=CC(OC2(C)CC2)=C(F)CC1NN)c1cc(N2CCS(=O)CC2)ncn1. The maximum Gasteiger partial charge on any atom is 0.151 e. The van der Waals surface area contributed by atoms with Gasteiger partial charge in [-0.15, -0.1) is 0 Å². The largest absolute Gasteiger partial charge is 0.485 e. The Morgan fingerprint density at radius 1 is 1.38 bits per heavy atom. The van der Waals surface area contributed by atoms with Gasteiger partial charge in [0, 0.05) is 59.8 Å². The number of nitrogens with zero attached hydrogens (tertiary/aromatic N) is 3. The van der Waals surface area contributed by atoms with Gasteiger partial charge in [-0.05, 0) is 31.4 Å². The summed E-state index contributed by atoms with van der Waals surface area (Å²) < 4.78 is 32.1. The summed E-state index contributed by atoms with van der Waals surface area (Å²) in [6, 6.07) is 1.64. The van der Waals surface area contributed by atoms with Crippen molar-refractivity contribution in [2.24, 2.45) is 5.84 Å². The van der Waals surface area contributed by atoms with Crippen LogP contribution >= 0.6 is 0 Å². The summed E-state index contributed by atoms with van der Waals surface area (Å²) in [6.07, 6.45) is 5.38. The molecule has 1 aromatic rings. The molecule has 0 bridgehead atoms. The quantitative estimate of drug-likeness (QED) is 0.536. The van der Waals surface area contributed by atoms with Gasteiger partial charge >= 0.3 is 0 Å². The molecule has 2 heterocycles. The molecular weight excluding hydrogens is 393 g/mol. The van der Waals surface area contributed by atoms with Crippen LogP contribution in [0.2, 0.25) is 0 Å². The lowest BCUT2D eigenvalue weighted by atomic mass is 9.86. The smallest absolute Gasteiger partial charge is 0.151 e. The average molecular weight is 422 g/mol. The van der Waals surface area contributed by atoms with Crippen LogP contribution in [0.15, 0.2) is 35.6 Å². The Labute approximate surface area is 173 Å². The van der Waals surface area contributed by atoms with E-state index >= 15 is 0 Å². The molecule has 1 saturated heterocycles. The van der Waals surface area contributed by atoms with Crippen LogP contribution in [0.25, 0.3) is 0 Å². The predicted molar refractivity (Wildman–Crippen MR) is 111 cm³/mol. The molecule has 2 aliphatic carbocycles. The monoisotopic (exact) mass is 421 g/mol. The van der Waals surface area contributed by atoms with E-state index in [0.29, 0.717) is 17.3 Å². The van der Waals surface area contributed by atoms with Gasteiger partial charge in [0.25, 0.3) is 0 Å². The average Bonchev–Trinajstić information content (AvgIpc) is 3.46. The fourth-order valence-electron chi connectivity index (χ4n) is 3.75. The van der Waals surface area contributed by atoms with Crippen LogP contribution < -0.4 is 16.2 Å². The molecular formula is C20H28FN5O2S. The number of hydrogen-bond donors (Lipinski definition) is 2. The third-order valence-electron chi connectivity index (χ3n) is 5.98. The molecule has 1 saturated carbocycles. The van der Waals surface area contributed by atoms with Gasteiger partial charge in [0.15, 0.2) is 5.76 Å². The van der Waals surface area contributed by atoms with E-state index in [9.17, 15) is 8.60 Å². The van der Waals surface area contributed by atoms with E-state index in [1.165, 1.54) is 0 Å². The van der Waals surface area contributed by atoms with Crippen LogP contribution in [-0.4, -0.2) is 50.4 Å². The standard InChI is InChI=1S/C20H28FN5O2S/c1-13(16-11-19(24-12-23-16)26-5-7-29(27)8-6-26)14-9-18(28-20(2)3-4-20)15(21)10-17(14)25-22/h9,11-13,17,25H,3-8,10,22H2,1-2H3. The van der Waals surface area contributed by atoms with Gasteiger partial charge in [0.1, 0.15) is 23.6 Å². The third kappa shape index (κ3) is 4.51. The van der Waals surface area contributed by atoms with E-state index in [-0.39, 0.29) is 29.8 Å². The summed E-state index contributed by atoms with van der Waals surface area (Å²) in [5, 5.41) is 0. The van der Waals surface area contributed by atoms with E-state index in [4.69, 9.17) is 10.6 Å². The third-order valence-corrected chi connectivity index (χ3v) is 7.26. The van der Waals surface area contributed by atoms with Gasteiger partial charge in [-0.1, -0.05) is 6.92 Å². The lowest BCUT2D eigenvalue weighted by Crippen LogP contribution is -2.40. The highest BCUT2D eigenvalue weighted by molar-refractivity contribution is 7.85. The fraction of sp³-hybridized carbons (Fsp3) is 0.600. The number of allylic oxidation sites excluding steroid dienone is 1. The van der Waals surface area contributed by atoms with Gasteiger partial charge < -0.3 is 9.64 Å². The molecule has 9 heteroatoms. The van der Waals surface area contributed by atoms with Crippen molar-refractivity contribution >= 4 is 16.6 Å². The first-order valence-electron chi connectivity index (χ1n) is 10.1. The van der Waals surface area contributed by atoms with Crippen molar-refractivity contribution in [3.8, 4) is 0 Å². The molecule has 7 nitrogen and oxygen atoms in total. The topological polar surface area (TPSA) is 93.4 Å². The van der Waals surface area contributed by atoms with Crippen molar-refractivity contribution in [1.82, 2.24) is 15.4 Å². The minimum Gasteiger partial charge on any atom is -0.485 e. The van der Waals surface area contributed by atoms with Crippen LogP contribution in [0.5, 0.6) is 0 Å². The summed E-state index contributed by atoms with van der Waals surface area (Å²) in [4.78, 5) is 11.0. The second-order valence-electron chi connectivity index (χ2n) is 8.25. The zero-order valence-electron chi connectivity index (χ0n) is 16.9. The highest BCUT2D eigenvalue weighted by Crippen LogP contribution is 2.44. The highest BCUT2D eigenvalue weighted by Gasteiger charge is 2.42. The van der Waals surface area contributed by atoms with Crippen LogP contribution in [-0.2, 0) is 15.5 Å². The van der Waals surface area contributed by atoms with Crippen molar-refractivity contribution in [1.29, 1.82) is 0 Å². The number of hydrogen-bond acceptors (Lipinski definition) is 7. The van der Waals surface area contributed by atoms with E-state index in [2.05, 4.69) is 20.3 Å². The molecule has 0 amide bonds. The summed E-state index contributed by atoms with van der Waals surface area (Å²) in [6.45, 7) is 5.47. The number of ether oxygens (including phenoxy) is 1. The van der Waals surface area contributed by atoms with Gasteiger partial charge in [-0.25, -0.2) is 14.4 Å². The molecule has 2 unspecified atom stereocenters. The van der Waals surface area contributed by atoms with Crippen molar-refractivity contribution in [3.05, 3.63) is 41.3 Å². The zero-order chi connectivity index (χ0) is 20.6. The number of anilines is 1. The molecule has 2 fully saturated rings. The summed E-state index contributed by atoms with van der Waals surface area (Å²) >= 11 is 0. The Bertz CT molecular complexity index is 860. The molecule has 29 heavy (non-hydrogen) atoms. The Kier molecular flexibility index (Phi) is 5.72. The van der Waals surface area contributed by atoms with Crippen molar-refractivity contribution in [2.45, 2.75) is 50.7 Å². The fourth-order valence-corrected chi connectivity index (χ4v) is 4.80. The first-order chi connectivity index (χ1) is 13.9. The first-order valence-corrected chi connectivity index (χ1v) is 11.5. The first kappa shape index (κ1) is 20.4. The number of nitrogens with one attached hydrogen (secondary N) is 1. The van der Waals surface area contributed by atoms with Gasteiger partial charge in [0.2, 0.25) is 0 Å². The lowest BCUT2D eigenvalue weighted by Gasteiger charge is -2.30. The molecule has 3 aliphatic rings. The van der Waals surface area contributed by atoms with Crippen LogP contribution in [0.1, 0.15) is 44.7 Å². The van der Waals surface area contributed by atoms with Crippen LogP contribution in [0, 0.1) is 0 Å². The second-order valence-corrected chi connectivity index (χ2v) is 9.94. The Balaban J connectivity index is 1.58. The lowest BCUT2D eigenvalue weighted by molar-refractivity contribution is 0.110. The van der Waals surface area contributed by atoms with E-state index < -0.39 is 10.8 Å². The molecule has 158 valence electrons. The number of hydrazine groups is 1. The molecule has 2 atom stereocenters. The van der Waals surface area contributed by atoms with Crippen molar-refractivity contribution in [2.75, 3.05) is 29.5 Å². The van der Waals surface area contributed by atoms with E-state index in [1.807, 2.05) is 19.9 Å². The molecule has 1 aliphatic heterocycles. The van der Waals surface area contributed by atoms with E-state index in [1.54, 1.807) is 12.4 Å². The Hall–Kier alpha value is -1.84. The molecule has 0 spiro atoms. The predicted octanol–water partition coefficient (Wildman–Crippen LogP) is 2.06. The summed E-state index contributed by atoms with van der Waals surface area (Å²) in [5.74, 6) is 7.81. The Morgan fingerprint density at radius 2 is 2.10 bits per heavy atom. The number of rotatable bonds is 6. The minimum absolute atomic E-state index is 0.0876. The minimum atomic E-state index is -0.740. The van der Waals surface area contributed by atoms with Crippen LogP contribution in [0.4, 0.5) is 10.2 Å². The normalized spacial score (nSPS) is 25.6. The summed E-state index contributed by atoms with van der Waals surface area (Å²) in [7, 11) is -0.740. The molecule has 3 N–H and O–H groups in total. The van der Waals surface area contributed by atoms with E-state index in [0.717, 1.165) is 43.0 Å². The Morgan fingerprint density at radius 3 is 2.76 bits per heavy atom. The molecule has 1 aromatic heterocycles. The molecule has 4 rings (SSSR count). The zero-order valence-corrected chi connectivity index (χ0v) is 17.7. The number of aromatic nitrogens is 2. The molecule has 0 radical (unpaired) electrons. The van der Waals surface area contributed by atoms with Gasteiger partial charge in [-0.2, -0.15) is 0 Å². The molecule has 0 aromatic carbocycles. The van der Waals surface area contributed by atoms with Crippen molar-refractivity contribution < 1.29 is 13.3 Å².